The quantitative estimate of drug-likeness (QED) is 0.691. The Kier molecular flexibility index (Phi) is 4.39. The lowest BCUT2D eigenvalue weighted by Gasteiger charge is -2.39. The van der Waals surface area contributed by atoms with E-state index >= 15 is 0 Å². The maximum Gasteiger partial charge on any atom is 0.185 e. The highest BCUT2D eigenvalue weighted by Gasteiger charge is 2.49. The van der Waals surface area contributed by atoms with Gasteiger partial charge in [0.1, 0.15) is 17.6 Å². The fourth-order valence-corrected chi connectivity index (χ4v) is 4.68. The predicted molar refractivity (Wildman–Crippen MR) is 111 cm³/mol. The molecular weight excluding hydrogens is 383 g/mol. The Morgan fingerprint density at radius 2 is 2.23 bits per heavy atom. The van der Waals surface area contributed by atoms with Crippen molar-refractivity contribution in [3.05, 3.63) is 55.4 Å². The summed E-state index contributed by atoms with van der Waals surface area (Å²) in [6, 6.07) is 5.06. The molecule has 0 unspecified atom stereocenters. The molecule has 0 amide bonds. The van der Waals surface area contributed by atoms with Gasteiger partial charge < -0.3 is 15.0 Å². The molecule has 2 aromatic heterocycles. The maximum absolute atomic E-state index is 15.0. The number of aromatic nitrogens is 5. The second kappa shape index (κ2) is 6.98. The van der Waals surface area contributed by atoms with Crippen molar-refractivity contribution >= 4 is 5.57 Å². The molecular formula is C22H23FN6O. The third-order valence-electron chi connectivity index (χ3n) is 6.34. The van der Waals surface area contributed by atoms with Gasteiger partial charge in [0.05, 0.1) is 23.8 Å². The molecule has 2 fully saturated rings. The smallest absolute Gasteiger partial charge is 0.185 e. The molecule has 2 bridgehead atoms. The fraction of sp³-hybridized carbons (Fsp3) is 0.364. The summed E-state index contributed by atoms with van der Waals surface area (Å²) in [4.78, 5) is 8.37. The van der Waals surface area contributed by atoms with Crippen LogP contribution in [0.25, 0.3) is 22.6 Å². The van der Waals surface area contributed by atoms with E-state index in [-0.39, 0.29) is 23.2 Å². The highest BCUT2D eigenvalue weighted by atomic mass is 19.1. The van der Waals surface area contributed by atoms with Crippen molar-refractivity contribution < 1.29 is 9.50 Å². The van der Waals surface area contributed by atoms with Crippen LogP contribution >= 0.6 is 0 Å². The van der Waals surface area contributed by atoms with Crippen molar-refractivity contribution in [2.24, 2.45) is 5.92 Å². The van der Waals surface area contributed by atoms with Crippen LogP contribution in [0.4, 0.5) is 4.39 Å². The van der Waals surface area contributed by atoms with Crippen LogP contribution < -0.4 is 5.32 Å². The molecule has 4 heterocycles. The second-order valence-corrected chi connectivity index (χ2v) is 8.47. The number of phenolic OH excluding ortho intramolecular Hbond substituents is 1. The van der Waals surface area contributed by atoms with Crippen molar-refractivity contribution in [1.82, 2.24) is 30.0 Å². The van der Waals surface area contributed by atoms with Crippen molar-refractivity contribution in [3.8, 4) is 22.8 Å². The Balaban J connectivity index is 1.38. The van der Waals surface area contributed by atoms with Crippen LogP contribution in [0, 0.1) is 5.92 Å². The molecule has 2 aliphatic heterocycles. The maximum atomic E-state index is 15.0. The van der Waals surface area contributed by atoms with Crippen LogP contribution in [0.3, 0.4) is 0 Å². The van der Waals surface area contributed by atoms with Crippen molar-refractivity contribution in [2.75, 3.05) is 0 Å². The van der Waals surface area contributed by atoms with Crippen molar-refractivity contribution in [3.63, 3.8) is 0 Å². The van der Waals surface area contributed by atoms with Gasteiger partial charge in [0, 0.05) is 36.0 Å². The number of halogens is 1. The number of nitrogens with one attached hydrogen (secondary N) is 1. The zero-order valence-electron chi connectivity index (χ0n) is 16.7. The van der Waals surface area contributed by atoms with E-state index in [1.807, 2.05) is 6.07 Å². The summed E-state index contributed by atoms with van der Waals surface area (Å²) in [7, 11) is 0. The van der Waals surface area contributed by atoms with Gasteiger partial charge in [-0.15, -0.1) is 10.2 Å². The van der Waals surface area contributed by atoms with Crippen molar-refractivity contribution in [1.29, 1.82) is 0 Å². The molecule has 0 spiro atoms. The molecule has 5 rings (SSSR count). The first-order valence-electron chi connectivity index (χ1n) is 10.1. The Morgan fingerprint density at radius 3 is 2.93 bits per heavy atom. The number of allylic oxidation sites excluding steroid dienone is 1. The zero-order chi connectivity index (χ0) is 20.9. The predicted octanol–water partition coefficient (Wildman–Crippen LogP) is 3.31. The standard InChI is InChI=1S/C22H23FN6O/c1-13(16-10-22(2)6-5-17(26-22)20(16)23)18-11-25-21(28-27-18)15-4-3-14(9-19(15)30)29-8-7-24-12-29/h3-4,7-9,11-12,16-17,20,26,30H,1,5-6,10H2,2H3/t16-,17-,20+,22+/m1/s1. The summed E-state index contributed by atoms with van der Waals surface area (Å²) in [6.07, 6.45) is 8.18. The van der Waals surface area contributed by atoms with E-state index < -0.39 is 6.17 Å². The summed E-state index contributed by atoms with van der Waals surface area (Å²) in [6.45, 7) is 6.26. The molecule has 8 heteroatoms. The van der Waals surface area contributed by atoms with E-state index in [4.69, 9.17) is 0 Å². The lowest BCUT2D eigenvalue weighted by atomic mass is 9.79. The first-order valence-corrected chi connectivity index (χ1v) is 10.1. The molecule has 2 saturated heterocycles. The molecule has 154 valence electrons. The van der Waals surface area contributed by atoms with Gasteiger partial charge >= 0.3 is 0 Å². The zero-order valence-corrected chi connectivity index (χ0v) is 16.7. The fourth-order valence-electron chi connectivity index (χ4n) is 4.68. The highest BCUT2D eigenvalue weighted by Crippen LogP contribution is 2.44. The topological polar surface area (TPSA) is 88.8 Å². The average molecular weight is 406 g/mol. The van der Waals surface area contributed by atoms with Gasteiger partial charge in [0.25, 0.3) is 0 Å². The van der Waals surface area contributed by atoms with Gasteiger partial charge in [0.2, 0.25) is 0 Å². The van der Waals surface area contributed by atoms with Gasteiger partial charge in [-0.3, -0.25) is 0 Å². The third kappa shape index (κ3) is 3.17. The van der Waals surface area contributed by atoms with E-state index in [9.17, 15) is 9.50 Å². The van der Waals surface area contributed by atoms with E-state index in [1.54, 1.807) is 41.6 Å². The van der Waals surface area contributed by atoms with Crippen LogP contribution in [0.1, 0.15) is 31.9 Å². The second-order valence-electron chi connectivity index (χ2n) is 8.47. The SMILES string of the molecule is C=C(c1cnc(-c2ccc(-n3ccnc3)cc2O)nn1)[C@H]1C[C@]2(C)CC[C@@H](N2)[C@H]1F. The third-order valence-corrected chi connectivity index (χ3v) is 6.34. The number of rotatable bonds is 4. The summed E-state index contributed by atoms with van der Waals surface area (Å²) in [5.41, 5.74) is 2.32. The van der Waals surface area contributed by atoms with E-state index in [2.05, 4.69) is 39.0 Å². The van der Waals surface area contributed by atoms with Crippen LogP contribution in [-0.4, -0.2) is 47.6 Å². The molecule has 4 atom stereocenters. The number of aromatic hydroxyl groups is 1. The van der Waals surface area contributed by atoms with Gasteiger partial charge in [-0.25, -0.2) is 14.4 Å². The summed E-state index contributed by atoms with van der Waals surface area (Å²) >= 11 is 0. The van der Waals surface area contributed by atoms with E-state index in [0.717, 1.165) is 18.5 Å². The number of hydrogen-bond donors (Lipinski definition) is 2. The normalized spacial score (nSPS) is 27.9. The Hall–Kier alpha value is -3.13. The number of imidazole rings is 1. The number of alkyl halides is 1. The molecule has 3 aromatic rings. The summed E-state index contributed by atoms with van der Waals surface area (Å²) in [5, 5.41) is 22.3. The molecule has 2 N–H and O–H groups in total. The lowest BCUT2D eigenvalue weighted by molar-refractivity contribution is 0.135. The minimum Gasteiger partial charge on any atom is -0.507 e. The molecule has 0 radical (unpaired) electrons. The number of fused-ring (bicyclic) bond motifs is 2. The molecule has 0 aliphatic carbocycles. The number of hydrogen-bond acceptors (Lipinski definition) is 6. The number of piperidine rings is 1. The van der Waals surface area contributed by atoms with Gasteiger partial charge in [-0.1, -0.05) is 6.58 Å². The monoisotopic (exact) mass is 406 g/mol. The van der Waals surface area contributed by atoms with E-state index in [0.29, 0.717) is 29.1 Å². The van der Waals surface area contributed by atoms with Crippen LogP contribution in [0.2, 0.25) is 0 Å². The average Bonchev–Trinajstić information content (AvgIpc) is 3.39. The van der Waals surface area contributed by atoms with Crippen LogP contribution in [0.5, 0.6) is 5.75 Å². The van der Waals surface area contributed by atoms with E-state index in [1.165, 1.54) is 0 Å². The largest absolute Gasteiger partial charge is 0.507 e. The first-order chi connectivity index (χ1) is 14.4. The molecule has 7 nitrogen and oxygen atoms in total. The van der Waals surface area contributed by atoms with Gasteiger partial charge in [0.15, 0.2) is 5.82 Å². The minimum absolute atomic E-state index is 0.0428. The molecule has 0 saturated carbocycles. The summed E-state index contributed by atoms with van der Waals surface area (Å²) in [5.74, 6) is 0.0465. The van der Waals surface area contributed by atoms with Crippen molar-refractivity contribution in [2.45, 2.75) is 43.9 Å². The van der Waals surface area contributed by atoms with Crippen LogP contribution in [0.15, 0.2) is 49.7 Å². The van der Waals surface area contributed by atoms with Gasteiger partial charge in [-0.2, -0.15) is 0 Å². The Labute approximate surface area is 173 Å². The number of phenols is 1. The Bertz CT molecular complexity index is 1080. The van der Waals surface area contributed by atoms with Crippen LogP contribution in [-0.2, 0) is 0 Å². The number of benzene rings is 1. The Morgan fingerprint density at radius 1 is 1.37 bits per heavy atom. The number of nitrogens with zero attached hydrogens (tertiary/aromatic N) is 5. The first kappa shape index (κ1) is 18.9. The minimum atomic E-state index is -0.991. The summed E-state index contributed by atoms with van der Waals surface area (Å²) < 4.78 is 16.8. The molecule has 1 aromatic carbocycles. The van der Waals surface area contributed by atoms with Gasteiger partial charge in [-0.05, 0) is 43.9 Å². The highest BCUT2D eigenvalue weighted by molar-refractivity contribution is 5.67. The molecule has 2 aliphatic rings. The molecule has 30 heavy (non-hydrogen) atoms. The lowest BCUT2D eigenvalue weighted by Crippen LogP contribution is -2.53.